The summed E-state index contributed by atoms with van der Waals surface area (Å²) in [5.74, 6) is 0.270. The van der Waals surface area contributed by atoms with Gasteiger partial charge in [-0.3, -0.25) is 4.79 Å². The Bertz CT molecular complexity index is 673. The fraction of sp³-hybridized carbons (Fsp3) is 0.474. The van der Waals surface area contributed by atoms with Crippen molar-refractivity contribution in [2.75, 3.05) is 18.8 Å². The third-order valence-electron chi connectivity index (χ3n) is 4.64. The van der Waals surface area contributed by atoms with Crippen LogP contribution in [0.4, 0.5) is 5.13 Å². The zero-order valence-electron chi connectivity index (χ0n) is 14.5. The minimum atomic E-state index is 0.270. The number of nitrogens with one attached hydrogen (secondary N) is 1. The van der Waals surface area contributed by atoms with E-state index in [9.17, 15) is 4.79 Å². The van der Waals surface area contributed by atoms with Crippen LogP contribution in [0.1, 0.15) is 36.9 Å². The third-order valence-corrected chi connectivity index (χ3v) is 5.36. The van der Waals surface area contributed by atoms with Crippen molar-refractivity contribution in [3.05, 3.63) is 47.0 Å². The van der Waals surface area contributed by atoms with Gasteiger partial charge in [-0.25, -0.2) is 4.98 Å². The molecule has 134 valence electrons. The normalized spacial score (nSPS) is 18.3. The number of nitrogens with two attached hydrogens (primary N) is 1. The molecule has 1 aromatic carbocycles. The first-order chi connectivity index (χ1) is 12.2. The Morgan fingerprint density at radius 1 is 1.28 bits per heavy atom. The van der Waals surface area contributed by atoms with Crippen LogP contribution in [-0.2, 0) is 17.8 Å². The number of likely N-dealkylation sites (tertiary alicyclic amines) is 1. The van der Waals surface area contributed by atoms with E-state index in [1.165, 1.54) is 16.9 Å². The number of hydrogen-bond donors (Lipinski definition) is 2. The second-order valence-corrected chi connectivity index (χ2v) is 7.45. The molecule has 1 aromatic heterocycles. The van der Waals surface area contributed by atoms with Crippen molar-refractivity contribution in [3.8, 4) is 0 Å². The zero-order valence-corrected chi connectivity index (χ0v) is 15.3. The van der Waals surface area contributed by atoms with Crippen molar-refractivity contribution >= 4 is 22.4 Å². The van der Waals surface area contributed by atoms with Crippen LogP contribution in [0.5, 0.6) is 0 Å². The fourth-order valence-electron chi connectivity index (χ4n) is 3.22. The lowest BCUT2D eigenvalue weighted by Crippen LogP contribution is -2.32. The number of nitrogen functional groups attached to an aromatic ring is 1. The average Bonchev–Trinajstić information content (AvgIpc) is 2.96. The highest BCUT2D eigenvalue weighted by atomic mass is 32.1. The predicted molar refractivity (Wildman–Crippen MR) is 102 cm³/mol. The summed E-state index contributed by atoms with van der Waals surface area (Å²) in [5, 5.41) is 6.28. The van der Waals surface area contributed by atoms with Crippen molar-refractivity contribution in [1.82, 2.24) is 15.2 Å². The topological polar surface area (TPSA) is 71.2 Å². The van der Waals surface area contributed by atoms with Gasteiger partial charge in [-0.2, -0.15) is 0 Å². The lowest BCUT2D eigenvalue weighted by molar-refractivity contribution is -0.131. The molecule has 0 spiro atoms. The number of benzene rings is 1. The molecular weight excluding hydrogens is 332 g/mol. The van der Waals surface area contributed by atoms with E-state index in [4.69, 9.17) is 5.73 Å². The first-order valence-corrected chi connectivity index (χ1v) is 9.83. The van der Waals surface area contributed by atoms with Gasteiger partial charge >= 0.3 is 0 Å². The average molecular weight is 359 g/mol. The number of carbonyl (C=O) groups excluding carboxylic acids is 1. The van der Waals surface area contributed by atoms with E-state index in [1.807, 2.05) is 28.5 Å². The SMILES string of the molecule is Nc1nc(CCCNC2CCC(=O)N(Cc3ccccc3)CC2)cs1. The molecule has 3 N–H and O–H groups in total. The van der Waals surface area contributed by atoms with Crippen LogP contribution in [-0.4, -0.2) is 34.9 Å². The zero-order chi connectivity index (χ0) is 17.5. The summed E-state index contributed by atoms with van der Waals surface area (Å²) in [6, 6.07) is 10.6. The molecule has 0 aliphatic carbocycles. The maximum atomic E-state index is 12.4. The summed E-state index contributed by atoms with van der Waals surface area (Å²) in [7, 11) is 0. The highest BCUT2D eigenvalue weighted by molar-refractivity contribution is 7.13. The summed E-state index contributed by atoms with van der Waals surface area (Å²) >= 11 is 1.50. The van der Waals surface area contributed by atoms with Gasteiger partial charge < -0.3 is 16.0 Å². The number of aryl methyl sites for hydroxylation is 1. The molecule has 1 aliphatic heterocycles. The van der Waals surface area contributed by atoms with Crippen LogP contribution in [0.25, 0.3) is 0 Å². The first-order valence-electron chi connectivity index (χ1n) is 8.95. The van der Waals surface area contributed by atoms with Crippen LogP contribution in [0, 0.1) is 0 Å². The lowest BCUT2D eigenvalue weighted by atomic mass is 10.1. The number of hydrogen-bond acceptors (Lipinski definition) is 5. The highest BCUT2D eigenvalue weighted by Gasteiger charge is 2.22. The van der Waals surface area contributed by atoms with E-state index in [0.717, 1.165) is 51.0 Å². The molecule has 6 heteroatoms. The Hall–Kier alpha value is -1.92. The molecule has 0 saturated carbocycles. The predicted octanol–water partition coefficient (Wildman–Crippen LogP) is 2.83. The fourth-order valence-corrected chi connectivity index (χ4v) is 3.82. The Kier molecular flexibility index (Phi) is 6.42. The third kappa shape index (κ3) is 5.54. The van der Waals surface area contributed by atoms with Gasteiger partial charge in [0.1, 0.15) is 0 Å². The van der Waals surface area contributed by atoms with Gasteiger partial charge in [0.15, 0.2) is 5.13 Å². The van der Waals surface area contributed by atoms with E-state index < -0.39 is 0 Å². The highest BCUT2D eigenvalue weighted by Crippen LogP contribution is 2.16. The molecule has 1 atom stereocenters. The summed E-state index contributed by atoms with van der Waals surface area (Å²) in [6.07, 6.45) is 4.57. The van der Waals surface area contributed by atoms with Crippen LogP contribution < -0.4 is 11.1 Å². The molecule has 1 amide bonds. The van der Waals surface area contributed by atoms with Gasteiger partial charge in [-0.1, -0.05) is 30.3 Å². The van der Waals surface area contributed by atoms with Crippen LogP contribution >= 0.6 is 11.3 Å². The molecule has 1 aliphatic rings. The molecule has 0 bridgehead atoms. The van der Waals surface area contributed by atoms with Gasteiger partial charge in [-0.05, 0) is 37.8 Å². The molecule has 3 rings (SSSR count). The van der Waals surface area contributed by atoms with E-state index >= 15 is 0 Å². The minimum Gasteiger partial charge on any atom is -0.375 e. The summed E-state index contributed by atoms with van der Waals surface area (Å²) < 4.78 is 0. The molecule has 1 saturated heterocycles. The van der Waals surface area contributed by atoms with Crippen molar-refractivity contribution < 1.29 is 4.79 Å². The summed E-state index contributed by atoms with van der Waals surface area (Å²) in [5.41, 5.74) is 7.93. The smallest absolute Gasteiger partial charge is 0.222 e. The number of aromatic nitrogens is 1. The minimum absolute atomic E-state index is 0.270. The number of thiazole rings is 1. The van der Waals surface area contributed by atoms with Crippen molar-refractivity contribution in [2.45, 2.75) is 44.7 Å². The van der Waals surface area contributed by atoms with Gasteiger partial charge in [0, 0.05) is 30.9 Å². The van der Waals surface area contributed by atoms with Gasteiger partial charge in [0.2, 0.25) is 5.91 Å². The van der Waals surface area contributed by atoms with E-state index in [1.54, 1.807) is 0 Å². The summed E-state index contributed by atoms with van der Waals surface area (Å²) in [4.78, 5) is 18.6. The molecule has 25 heavy (non-hydrogen) atoms. The Labute approximate surface area is 153 Å². The lowest BCUT2D eigenvalue weighted by Gasteiger charge is -2.21. The van der Waals surface area contributed by atoms with E-state index in [2.05, 4.69) is 22.4 Å². The second-order valence-electron chi connectivity index (χ2n) is 6.56. The van der Waals surface area contributed by atoms with Gasteiger partial charge in [0.25, 0.3) is 0 Å². The molecule has 5 nitrogen and oxygen atoms in total. The second kappa shape index (κ2) is 8.97. The van der Waals surface area contributed by atoms with E-state index in [-0.39, 0.29) is 5.91 Å². The maximum absolute atomic E-state index is 12.4. The standard InChI is InChI=1S/C19H26N4OS/c20-19-22-17(14-25-19)7-4-11-21-16-8-9-18(24)23(12-10-16)13-15-5-2-1-3-6-15/h1-3,5-6,14,16,21H,4,7-13H2,(H2,20,22). The Balaban J connectivity index is 1.40. The van der Waals surface area contributed by atoms with Gasteiger partial charge in [-0.15, -0.1) is 11.3 Å². The van der Waals surface area contributed by atoms with Crippen molar-refractivity contribution in [2.24, 2.45) is 0 Å². The largest absolute Gasteiger partial charge is 0.375 e. The quantitative estimate of drug-likeness (QED) is 0.747. The first kappa shape index (κ1) is 17.9. The number of anilines is 1. The van der Waals surface area contributed by atoms with Crippen LogP contribution in [0.15, 0.2) is 35.7 Å². The molecular formula is C19H26N4OS. The molecule has 0 radical (unpaired) electrons. The monoisotopic (exact) mass is 358 g/mol. The van der Waals surface area contributed by atoms with Crippen LogP contribution in [0.2, 0.25) is 0 Å². The summed E-state index contributed by atoms with van der Waals surface area (Å²) in [6.45, 7) is 2.50. The number of nitrogens with zero attached hydrogens (tertiary/aromatic N) is 2. The molecule has 1 fully saturated rings. The Morgan fingerprint density at radius 3 is 2.88 bits per heavy atom. The van der Waals surface area contributed by atoms with Gasteiger partial charge in [0.05, 0.1) is 5.69 Å². The maximum Gasteiger partial charge on any atom is 0.222 e. The van der Waals surface area contributed by atoms with Crippen molar-refractivity contribution in [3.63, 3.8) is 0 Å². The van der Waals surface area contributed by atoms with Crippen molar-refractivity contribution in [1.29, 1.82) is 0 Å². The Morgan fingerprint density at radius 2 is 2.12 bits per heavy atom. The number of rotatable bonds is 7. The molecule has 1 unspecified atom stereocenters. The molecule has 2 heterocycles. The number of amides is 1. The number of carbonyl (C=O) groups is 1. The van der Waals surface area contributed by atoms with Crippen LogP contribution in [0.3, 0.4) is 0 Å². The molecule has 2 aromatic rings. The van der Waals surface area contributed by atoms with E-state index in [0.29, 0.717) is 17.6 Å².